The molecule has 2 rings (SSSR count). The molecule has 0 aromatic rings. The highest BCUT2D eigenvalue weighted by Crippen LogP contribution is 2.48. The van der Waals surface area contributed by atoms with Crippen molar-refractivity contribution >= 4 is 5.91 Å². The maximum absolute atomic E-state index is 12.8. The number of rotatable bonds is 6. The van der Waals surface area contributed by atoms with Crippen LogP contribution in [0, 0.1) is 17.8 Å². The predicted molar refractivity (Wildman–Crippen MR) is 75.6 cm³/mol. The van der Waals surface area contributed by atoms with Crippen LogP contribution in [0.3, 0.4) is 0 Å². The number of amides is 1. The van der Waals surface area contributed by atoms with Gasteiger partial charge in [-0.3, -0.25) is 4.79 Å². The van der Waals surface area contributed by atoms with Gasteiger partial charge in [0.15, 0.2) is 0 Å². The van der Waals surface area contributed by atoms with Crippen molar-refractivity contribution in [3.63, 3.8) is 0 Å². The van der Waals surface area contributed by atoms with Gasteiger partial charge < -0.3 is 15.4 Å². The molecule has 110 valence electrons. The van der Waals surface area contributed by atoms with Crippen LogP contribution in [0.4, 0.5) is 0 Å². The molecule has 5 unspecified atom stereocenters. The van der Waals surface area contributed by atoms with Crippen molar-refractivity contribution in [2.45, 2.75) is 51.6 Å². The van der Waals surface area contributed by atoms with Gasteiger partial charge in [0, 0.05) is 25.7 Å². The van der Waals surface area contributed by atoms with Crippen LogP contribution in [0.5, 0.6) is 0 Å². The molecule has 2 fully saturated rings. The molecular formula is C15H28N2O2. The van der Waals surface area contributed by atoms with Gasteiger partial charge in [-0.2, -0.15) is 0 Å². The second-order valence-electron chi connectivity index (χ2n) is 6.22. The van der Waals surface area contributed by atoms with Crippen LogP contribution >= 0.6 is 0 Å². The van der Waals surface area contributed by atoms with Crippen LogP contribution in [-0.4, -0.2) is 43.2 Å². The molecule has 2 N–H and O–H groups in total. The molecule has 5 atom stereocenters. The van der Waals surface area contributed by atoms with E-state index in [2.05, 4.69) is 13.8 Å². The predicted octanol–water partition coefficient (Wildman–Crippen LogP) is 1.63. The van der Waals surface area contributed by atoms with Gasteiger partial charge in [-0.25, -0.2) is 0 Å². The quantitative estimate of drug-likeness (QED) is 0.796. The maximum Gasteiger partial charge on any atom is 0.227 e. The van der Waals surface area contributed by atoms with E-state index in [1.165, 1.54) is 12.8 Å². The zero-order valence-corrected chi connectivity index (χ0v) is 12.5. The average Bonchev–Trinajstić information content (AvgIpc) is 2.99. The van der Waals surface area contributed by atoms with Gasteiger partial charge in [-0.1, -0.05) is 6.92 Å². The minimum absolute atomic E-state index is 0.0598. The molecular weight excluding hydrogens is 240 g/mol. The van der Waals surface area contributed by atoms with Crippen molar-refractivity contribution in [1.29, 1.82) is 0 Å². The van der Waals surface area contributed by atoms with Crippen molar-refractivity contribution in [3.8, 4) is 0 Å². The Bertz CT molecular complexity index is 319. The Kier molecular flexibility index (Phi) is 4.85. The highest BCUT2D eigenvalue weighted by Gasteiger charge is 2.50. The molecule has 0 aromatic heterocycles. The van der Waals surface area contributed by atoms with E-state index in [0.717, 1.165) is 12.8 Å². The smallest absolute Gasteiger partial charge is 0.227 e. The summed E-state index contributed by atoms with van der Waals surface area (Å²) in [5, 5.41) is 0. The summed E-state index contributed by atoms with van der Waals surface area (Å²) in [5.41, 5.74) is 6.29. The highest BCUT2D eigenvalue weighted by atomic mass is 16.5. The zero-order valence-electron chi connectivity index (χ0n) is 12.5. The Morgan fingerprint density at radius 2 is 2.11 bits per heavy atom. The lowest BCUT2D eigenvalue weighted by Gasteiger charge is -2.35. The summed E-state index contributed by atoms with van der Waals surface area (Å²) >= 11 is 0. The minimum Gasteiger partial charge on any atom is -0.383 e. The lowest BCUT2D eigenvalue weighted by Crippen LogP contribution is -2.50. The lowest BCUT2D eigenvalue weighted by molar-refractivity contribution is -0.140. The van der Waals surface area contributed by atoms with Gasteiger partial charge >= 0.3 is 0 Å². The molecule has 0 aromatic carbocycles. The summed E-state index contributed by atoms with van der Waals surface area (Å²) in [6, 6.07) is 0.356. The highest BCUT2D eigenvalue weighted by molar-refractivity contribution is 5.81. The normalized spacial score (nSPS) is 34.5. The largest absolute Gasteiger partial charge is 0.383 e. The van der Waals surface area contributed by atoms with Crippen LogP contribution in [0.1, 0.15) is 39.5 Å². The van der Waals surface area contributed by atoms with Crippen LogP contribution in [0.2, 0.25) is 0 Å². The van der Waals surface area contributed by atoms with E-state index >= 15 is 0 Å². The van der Waals surface area contributed by atoms with Gasteiger partial charge in [-0.05, 0) is 44.4 Å². The number of carbonyl (C=O) groups is 1. The van der Waals surface area contributed by atoms with Crippen molar-refractivity contribution in [3.05, 3.63) is 0 Å². The summed E-state index contributed by atoms with van der Waals surface area (Å²) in [7, 11) is 1.68. The lowest BCUT2D eigenvalue weighted by atomic mass is 9.83. The van der Waals surface area contributed by atoms with Crippen LogP contribution in [0.25, 0.3) is 0 Å². The third-order valence-electron chi connectivity index (χ3n) is 5.21. The molecule has 2 saturated carbocycles. The number of nitrogens with zero attached hydrogens (tertiary/aromatic N) is 1. The average molecular weight is 268 g/mol. The molecule has 0 aliphatic heterocycles. The second kappa shape index (κ2) is 6.23. The number of nitrogens with two attached hydrogens (primary N) is 1. The van der Waals surface area contributed by atoms with Crippen molar-refractivity contribution in [1.82, 2.24) is 4.90 Å². The summed E-state index contributed by atoms with van der Waals surface area (Å²) in [5.74, 6) is 1.44. The molecule has 0 radical (unpaired) electrons. The molecule has 0 spiro atoms. The number of fused-ring (bicyclic) bond motifs is 2. The SMILES string of the molecule is CCC(C)N(CCOC)C(=O)C1C2CCC(C2)C1N. The molecule has 4 nitrogen and oxygen atoms in total. The van der Waals surface area contributed by atoms with E-state index in [0.29, 0.717) is 25.0 Å². The zero-order chi connectivity index (χ0) is 14.0. The van der Waals surface area contributed by atoms with Crippen LogP contribution in [0.15, 0.2) is 0 Å². The summed E-state index contributed by atoms with van der Waals surface area (Å²) < 4.78 is 5.14. The summed E-state index contributed by atoms with van der Waals surface area (Å²) in [6.45, 7) is 5.53. The number of carbonyl (C=O) groups excluding carboxylic acids is 1. The molecule has 2 bridgehead atoms. The fourth-order valence-corrected chi connectivity index (χ4v) is 3.85. The maximum atomic E-state index is 12.8. The van der Waals surface area contributed by atoms with E-state index in [1.54, 1.807) is 7.11 Å². The minimum atomic E-state index is 0.0598. The van der Waals surface area contributed by atoms with E-state index in [9.17, 15) is 4.79 Å². The number of methoxy groups -OCH3 is 1. The van der Waals surface area contributed by atoms with Crippen LogP contribution in [-0.2, 0) is 9.53 Å². The second-order valence-corrected chi connectivity index (χ2v) is 6.22. The van der Waals surface area contributed by atoms with Crippen molar-refractivity contribution in [2.24, 2.45) is 23.5 Å². The fourth-order valence-electron chi connectivity index (χ4n) is 3.85. The Balaban J connectivity index is 2.06. The monoisotopic (exact) mass is 268 g/mol. The van der Waals surface area contributed by atoms with E-state index in [1.807, 2.05) is 4.90 Å². The molecule has 19 heavy (non-hydrogen) atoms. The Labute approximate surface area is 116 Å². The van der Waals surface area contributed by atoms with Gasteiger partial charge in [0.05, 0.1) is 12.5 Å². The van der Waals surface area contributed by atoms with E-state index < -0.39 is 0 Å². The molecule has 2 aliphatic carbocycles. The van der Waals surface area contributed by atoms with Crippen molar-refractivity contribution < 1.29 is 9.53 Å². The number of hydrogen-bond acceptors (Lipinski definition) is 3. The third kappa shape index (κ3) is 2.79. The van der Waals surface area contributed by atoms with E-state index in [4.69, 9.17) is 10.5 Å². The third-order valence-corrected chi connectivity index (χ3v) is 5.21. The first-order valence-corrected chi connectivity index (χ1v) is 7.65. The van der Waals surface area contributed by atoms with Crippen molar-refractivity contribution in [2.75, 3.05) is 20.3 Å². The standard InChI is InChI=1S/C15H28N2O2/c1-4-10(2)17(7-8-19-3)15(18)13-11-5-6-12(9-11)14(13)16/h10-14H,4-9,16H2,1-3H3. The Morgan fingerprint density at radius 3 is 2.63 bits per heavy atom. The van der Waals surface area contributed by atoms with Gasteiger partial charge in [-0.15, -0.1) is 0 Å². The molecule has 4 heteroatoms. The van der Waals surface area contributed by atoms with Gasteiger partial charge in [0.2, 0.25) is 5.91 Å². The number of hydrogen-bond donors (Lipinski definition) is 1. The molecule has 0 heterocycles. The molecule has 1 amide bonds. The summed E-state index contributed by atoms with van der Waals surface area (Å²) in [6.07, 6.45) is 4.55. The first-order valence-electron chi connectivity index (χ1n) is 7.65. The Morgan fingerprint density at radius 1 is 1.42 bits per heavy atom. The number of ether oxygens (including phenoxy) is 1. The van der Waals surface area contributed by atoms with Gasteiger partial charge in [0.1, 0.15) is 0 Å². The summed E-state index contributed by atoms with van der Waals surface area (Å²) in [4.78, 5) is 14.8. The van der Waals surface area contributed by atoms with Gasteiger partial charge in [0.25, 0.3) is 0 Å². The molecule has 2 aliphatic rings. The topological polar surface area (TPSA) is 55.6 Å². The Hall–Kier alpha value is -0.610. The van der Waals surface area contributed by atoms with Crippen LogP contribution < -0.4 is 5.73 Å². The first kappa shape index (κ1) is 14.8. The molecule has 0 saturated heterocycles. The first-order chi connectivity index (χ1) is 9.10. The van der Waals surface area contributed by atoms with E-state index in [-0.39, 0.29) is 23.9 Å². The fraction of sp³-hybridized carbons (Fsp3) is 0.933.